The highest BCUT2D eigenvalue weighted by Crippen LogP contribution is 2.10. The number of ether oxygens (including phenoxy) is 1. The first kappa shape index (κ1) is 13.8. The summed E-state index contributed by atoms with van der Waals surface area (Å²) in [6.45, 7) is 0.626. The van der Waals surface area contributed by atoms with E-state index in [9.17, 15) is 5.11 Å². The predicted octanol–water partition coefficient (Wildman–Crippen LogP) is 3.20. The molecule has 19 heavy (non-hydrogen) atoms. The van der Waals surface area contributed by atoms with Crippen molar-refractivity contribution in [1.29, 1.82) is 0 Å². The van der Waals surface area contributed by atoms with Crippen molar-refractivity contribution in [3.63, 3.8) is 0 Å². The van der Waals surface area contributed by atoms with Crippen molar-refractivity contribution in [2.24, 2.45) is 0 Å². The van der Waals surface area contributed by atoms with Gasteiger partial charge in [-0.25, -0.2) is 0 Å². The fraction of sp³-hybridized carbons (Fsp3) is 0.294. The molecule has 0 radical (unpaired) electrons. The first-order valence-electron chi connectivity index (χ1n) is 6.69. The molecule has 2 nitrogen and oxygen atoms in total. The molecule has 0 saturated heterocycles. The summed E-state index contributed by atoms with van der Waals surface area (Å²) in [5, 5.41) is 9.36. The number of hydrogen-bond donors (Lipinski definition) is 1. The maximum atomic E-state index is 9.36. The van der Waals surface area contributed by atoms with E-state index in [-0.39, 0.29) is 12.7 Å². The molecule has 0 heterocycles. The molecule has 0 aliphatic rings. The molecule has 0 fully saturated rings. The van der Waals surface area contributed by atoms with Crippen LogP contribution >= 0.6 is 0 Å². The van der Waals surface area contributed by atoms with E-state index in [1.54, 1.807) is 0 Å². The summed E-state index contributed by atoms with van der Waals surface area (Å²) in [5.74, 6) is 0. The van der Waals surface area contributed by atoms with Crippen LogP contribution in [0.3, 0.4) is 0 Å². The molecule has 2 heteroatoms. The molecule has 0 aliphatic heterocycles. The first-order chi connectivity index (χ1) is 9.38. The second-order valence-electron chi connectivity index (χ2n) is 4.63. The van der Waals surface area contributed by atoms with Gasteiger partial charge in [0.25, 0.3) is 0 Å². The maximum Gasteiger partial charge on any atom is 0.0813 e. The monoisotopic (exact) mass is 256 g/mol. The Bertz CT molecular complexity index is 410. The summed E-state index contributed by atoms with van der Waals surface area (Å²) >= 11 is 0. The van der Waals surface area contributed by atoms with E-state index in [0.29, 0.717) is 6.61 Å². The molecule has 2 aromatic carbocycles. The summed E-state index contributed by atoms with van der Waals surface area (Å²) in [5.41, 5.74) is 2.42. The zero-order valence-corrected chi connectivity index (χ0v) is 11.0. The molecule has 0 spiro atoms. The third kappa shape index (κ3) is 4.86. The van der Waals surface area contributed by atoms with E-state index in [1.807, 2.05) is 48.5 Å². The molecular weight excluding hydrogens is 236 g/mol. The average Bonchev–Trinajstić information content (AvgIpc) is 2.49. The Labute approximate surface area is 114 Å². The van der Waals surface area contributed by atoms with E-state index in [0.717, 1.165) is 18.4 Å². The Kier molecular flexibility index (Phi) is 5.60. The minimum absolute atomic E-state index is 0.0691. The summed E-state index contributed by atoms with van der Waals surface area (Å²) in [6.07, 6.45) is 1.68. The SMILES string of the molecule is OCC(CCc1ccccc1)OCc1ccccc1. The molecule has 2 rings (SSSR count). The van der Waals surface area contributed by atoms with Crippen LogP contribution < -0.4 is 0 Å². The standard InChI is InChI=1S/C17H20O2/c18-13-17(12-11-15-7-3-1-4-8-15)19-14-16-9-5-2-6-10-16/h1-10,17-18H,11-14H2. The van der Waals surface area contributed by atoms with Gasteiger partial charge in [0.1, 0.15) is 0 Å². The highest BCUT2D eigenvalue weighted by Gasteiger charge is 2.08. The van der Waals surface area contributed by atoms with Crippen LogP contribution in [-0.4, -0.2) is 17.8 Å². The van der Waals surface area contributed by atoms with Crippen LogP contribution in [0.15, 0.2) is 60.7 Å². The highest BCUT2D eigenvalue weighted by molar-refractivity contribution is 5.15. The number of rotatable bonds is 7. The molecular formula is C17H20O2. The third-order valence-electron chi connectivity index (χ3n) is 3.13. The molecule has 0 saturated carbocycles. The van der Waals surface area contributed by atoms with Gasteiger partial charge in [0.05, 0.1) is 19.3 Å². The Morgan fingerprint density at radius 2 is 1.42 bits per heavy atom. The van der Waals surface area contributed by atoms with Gasteiger partial charge in [0.2, 0.25) is 0 Å². The van der Waals surface area contributed by atoms with Gasteiger partial charge >= 0.3 is 0 Å². The topological polar surface area (TPSA) is 29.5 Å². The third-order valence-corrected chi connectivity index (χ3v) is 3.13. The summed E-state index contributed by atoms with van der Waals surface area (Å²) in [6, 6.07) is 20.3. The van der Waals surface area contributed by atoms with E-state index >= 15 is 0 Å². The van der Waals surface area contributed by atoms with E-state index < -0.39 is 0 Å². The normalized spacial score (nSPS) is 12.3. The Balaban J connectivity index is 1.77. The van der Waals surface area contributed by atoms with Gasteiger partial charge in [-0.2, -0.15) is 0 Å². The van der Waals surface area contributed by atoms with Crippen molar-refractivity contribution in [3.05, 3.63) is 71.8 Å². The van der Waals surface area contributed by atoms with E-state index in [1.165, 1.54) is 5.56 Å². The molecule has 1 unspecified atom stereocenters. The van der Waals surface area contributed by atoms with Gasteiger partial charge in [-0.05, 0) is 24.0 Å². The van der Waals surface area contributed by atoms with Crippen LogP contribution in [-0.2, 0) is 17.8 Å². The maximum absolute atomic E-state index is 9.36. The lowest BCUT2D eigenvalue weighted by Crippen LogP contribution is -2.18. The summed E-state index contributed by atoms with van der Waals surface area (Å²) in [7, 11) is 0. The van der Waals surface area contributed by atoms with Crippen LogP contribution in [0.1, 0.15) is 17.5 Å². The molecule has 0 bridgehead atoms. The largest absolute Gasteiger partial charge is 0.394 e. The highest BCUT2D eigenvalue weighted by atomic mass is 16.5. The van der Waals surface area contributed by atoms with Crippen LogP contribution in [0.2, 0.25) is 0 Å². The number of aryl methyl sites for hydroxylation is 1. The number of hydrogen-bond acceptors (Lipinski definition) is 2. The first-order valence-corrected chi connectivity index (χ1v) is 6.69. The molecule has 0 aromatic heterocycles. The Hall–Kier alpha value is -1.64. The zero-order valence-electron chi connectivity index (χ0n) is 11.0. The lowest BCUT2D eigenvalue weighted by atomic mass is 10.1. The van der Waals surface area contributed by atoms with E-state index in [2.05, 4.69) is 12.1 Å². The second kappa shape index (κ2) is 7.72. The zero-order chi connectivity index (χ0) is 13.3. The molecule has 100 valence electrons. The van der Waals surface area contributed by atoms with Crippen LogP contribution in [0.5, 0.6) is 0 Å². The van der Waals surface area contributed by atoms with Gasteiger partial charge in [0, 0.05) is 0 Å². The molecule has 2 aromatic rings. The van der Waals surface area contributed by atoms with Gasteiger partial charge in [0.15, 0.2) is 0 Å². The molecule has 1 N–H and O–H groups in total. The van der Waals surface area contributed by atoms with Crippen molar-refractivity contribution < 1.29 is 9.84 Å². The predicted molar refractivity (Wildman–Crippen MR) is 76.9 cm³/mol. The van der Waals surface area contributed by atoms with Gasteiger partial charge in [-0.15, -0.1) is 0 Å². The Morgan fingerprint density at radius 1 is 0.842 bits per heavy atom. The lowest BCUT2D eigenvalue weighted by Gasteiger charge is -2.15. The smallest absolute Gasteiger partial charge is 0.0813 e. The Morgan fingerprint density at radius 3 is 2.00 bits per heavy atom. The second-order valence-corrected chi connectivity index (χ2v) is 4.63. The molecule has 1 atom stereocenters. The number of aliphatic hydroxyl groups excluding tert-OH is 1. The minimum Gasteiger partial charge on any atom is -0.394 e. The van der Waals surface area contributed by atoms with Crippen molar-refractivity contribution in [2.75, 3.05) is 6.61 Å². The van der Waals surface area contributed by atoms with Crippen LogP contribution in [0.4, 0.5) is 0 Å². The van der Waals surface area contributed by atoms with Crippen molar-refractivity contribution in [2.45, 2.75) is 25.6 Å². The lowest BCUT2D eigenvalue weighted by molar-refractivity contribution is -0.00187. The van der Waals surface area contributed by atoms with Crippen LogP contribution in [0.25, 0.3) is 0 Å². The van der Waals surface area contributed by atoms with E-state index in [4.69, 9.17) is 4.74 Å². The van der Waals surface area contributed by atoms with Crippen molar-refractivity contribution in [3.8, 4) is 0 Å². The fourth-order valence-electron chi connectivity index (χ4n) is 1.99. The van der Waals surface area contributed by atoms with Crippen molar-refractivity contribution >= 4 is 0 Å². The number of benzene rings is 2. The van der Waals surface area contributed by atoms with Gasteiger partial charge in [-0.1, -0.05) is 60.7 Å². The number of aliphatic hydroxyl groups is 1. The van der Waals surface area contributed by atoms with Gasteiger partial charge < -0.3 is 9.84 Å². The molecule has 0 amide bonds. The quantitative estimate of drug-likeness (QED) is 0.824. The van der Waals surface area contributed by atoms with Crippen LogP contribution in [0, 0.1) is 0 Å². The molecule has 0 aliphatic carbocycles. The average molecular weight is 256 g/mol. The minimum atomic E-state index is -0.0968. The summed E-state index contributed by atoms with van der Waals surface area (Å²) in [4.78, 5) is 0. The van der Waals surface area contributed by atoms with Gasteiger partial charge in [-0.3, -0.25) is 0 Å². The summed E-state index contributed by atoms with van der Waals surface area (Å²) < 4.78 is 5.75. The fourth-order valence-corrected chi connectivity index (χ4v) is 1.99. The van der Waals surface area contributed by atoms with Crippen molar-refractivity contribution in [1.82, 2.24) is 0 Å².